The van der Waals surface area contributed by atoms with Crippen molar-refractivity contribution >= 4 is 22.9 Å². The smallest absolute Gasteiger partial charge is 0.229 e. The molecule has 0 bridgehead atoms. The Bertz CT molecular complexity index is 998. The molecule has 6 nitrogen and oxygen atoms in total. The number of nitrogens with zero attached hydrogens (tertiary/aromatic N) is 5. The van der Waals surface area contributed by atoms with E-state index in [2.05, 4.69) is 46.2 Å². The molecule has 1 aliphatic heterocycles. The summed E-state index contributed by atoms with van der Waals surface area (Å²) in [6, 6.07) is 8.06. The van der Waals surface area contributed by atoms with Gasteiger partial charge in [-0.25, -0.2) is 4.98 Å². The standard InChI is InChI=1S/C21H27N5O/c1-14(2)13-26-16(4)17(15(3)23-26)9-10-20(27)25-12-11-24-19-8-6-5-7-18(19)22-21(24)25/h5-8,14H,9-13H2,1-4H3. The molecule has 0 aliphatic carbocycles. The van der Waals surface area contributed by atoms with E-state index in [0.717, 1.165) is 42.2 Å². The van der Waals surface area contributed by atoms with E-state index in [1.54, 1.807) is 0 Å². The third-order valence-electron chi connectivity index (χ3n) is 5.38. The van der Waals surface area contributed by atoms with Crippen molar-refractivity contribution in [2.75, 3.05) is 11.4 Å². The molecule has 3 aromatic rings. The quantitative estimate of drug-likeness (QED) is 0.695. The summed E-state index contributed by atoms with van der Waals surface area (Å²) in [6.07, 6.45) is 1.21. The van der Waals surface area contributed by atoms with Crippen LogP contribution in [0.1, 0.15) is 37.2 Å². The second-order valence-corrected chi connectivity index (χ2v) is 7.82. The minimum atomic E-state index is 0.138. The van der Waals surface area contributed by atoms with Crippen LogP contribution in [0, 0.1) is 19.8 Å². The van der Waals surface area contributed by atoms with Crippen molar-refractivity contribution in [2.24, 2.45) is 5.92 Å². The Hall–Kier alpha value is -2.63. The lowest BCUT2D eigenvalue weighted by Crippen LogP contribution is -2.29. The lowest BCUT2D eigenvalue weighted by atomic mass is 10.1. The number of aromatic nitrogens is 4. The molecule has 0 radical (unpaired) electrons. The summed E-state index contributed by atoms with van der Waals surface area (Å²) < 4.78 is 4.22. The normalized spacial score (nSPS) is 13.7. The van der Waals surface area contributed by atoms with Gasteiger partial charge in [0.2, 0.25) is 11.9 Å². The van der Waals surface area contributed by atoms with Crippen LogP contribution in [0.2, 0.25) is 0 Å². The molecule has 3 heterocycles. The van der Waals surface area contributed by atoms with Crippen LogP contribution < -0.4 is 4.90 Å². The van der Waals surface area contributed by atoms with Crippen LogP contribution >= 0.6 is 0 Å². The predicted molar refractivity (Wildman–Crippen MR) is 107 cm³/mol. The van der Waals surface area contributed by atoms with Crippen LogP contribution in [0.25, 0.3) is 11.0 Å². The molecule has 0 N–H and O–H groups in total. The number of amides is 1. The molecule has 142 valence electrons. The van der Waals surface area contributed by atoms with Crippen molar-refractivity contribution in [3.8, 4) is 0 Å². The van der Waals surface area contributed by atoms with E-state index in [-0.39, 0.29) is 5.91 Å². The fourth-order valence-corrected chi connectivity index (χ4v) is 4.01. The molecule has 1 aliphatic rings. The molecule has 0 saturated carbocycles. The summed E-state index contributed by atoms with van der Waals surface area (Å²) in [5, 5.41) is 4.67. The molecule has 0 atom stereocenters. The van der Waals surface area contributed by atoms with E-state index in [1.807, 2.05) is 30.0 Å². The number of benzene rings is 1. The van der Waals surface area contributed by atoms with E-state index >= 15 is 0 Å². The Morgan fingerprint density at radius 1 is 1.19 bits per heavy atom. The van der Waals surface area contributed by atoms with Crippen molar-refractivity contribution in [2.45, 2.75) is 53.6 Å². The first-order valence-electron chi connectivity index (χ1n) is 9.74. The van der Waals surface area contributed by atoms with Gasteiger partial charge in [-0.3, -0.25) is 14.4 Å². The zero-order valence-electron chi connectivity index (χ0n) is 16.6. The van der Waals surface area contributed by atoms with Crippen molar-refractivity contribution in [3.05, 3.63) is 41.2 Å². The highest BCUT2D eigenvalue weighted by Gasteiger charge is 2.28. The number of imidazole rings is 1. The Balaban J connectivity index is 1.50. The van der Waals surface area contributed by atoms with Gasteiger partial charge in [0.1, 0.15) is 0 Å². The Morgan fingerprint density at radius 3 is 2.74 bits per heavy atom. The van der Waals surface area contributed by atoms with Gasteiger partial charge in [0.15, 0.2) is 0 Å². The molecule has 0 fully saturated rings. The predicted octanol–water partition coefficient (Wildman–Crippen LogP) is 3.49. The maximum atomic E-state index is 12.9. The first-order valence-corrected chi connectivity index (χ1v) is 9.74. The van der Waals surface area contributed by atoms with Crippen LogP contribution in [0.5, 0.6) is 0 Å². The van der Waals surface area contributed by atoms with Crippen molar-refractivity contribution < 1.29 is 4.79 Å². The van der Waals surface area contributed by atoms with Gasteiger partial charge in [-0.15, -0.1) is 0 Å². The molecular weight excluding hydrogens is 338 g/mol. The van der Waals surface area contributed by atoms with Gasteiger partial charge in [0.05, 0.1) is 16.7 Å². The maximum Gasteiger partial charge on any atom is 0.229 e. The molecule has 6 heteroatoms. The number of fused-ring (bicyclic) bond motifs is 3. The van der Waals surface area contributed by atoms with Gasteiger partial charge in [-0.1, -0.05) is 26.0 Å². The maximum absolute atomic E-state index is 12.9. The molecular formula is C21H27N5O. The summed E-state index contributed by atoms with van der Waals surface area (Å²) in [6.45, 7) is 11.0. The van der Waals surface area contributed by atoms with E-state index in [4.69, 9.17) is 0 Å². The molecule has 2 aromatic heterocycles. The number of carbonyl (C=O) groups is 1. The second kappa shape index (κ2) is 6.83. The molecule has 0 spiro atoms. The van der Waals surface area contributed by atoms with Crippen LogP contribution in [0.3, 0.4) is 0 Å². The minimum Gasteiger partial charge on any atom is -0.308 e. The summed E-state index contributed by atoms with van der Waals surface area (Å²) in [4.78, 5) is 19.4. The van der Waals surface area contributed by atoms with Crippen LogP contribution in [-0.2, 0) is 24.3 Å². The van der Waals surface area contributed by atoms with Gasteiger partial charge >= 0.3 is 0 Å². The minimum absolute atomic E-state index is 0.138. The SMILES string of the molecule is Cc1nn(CC(C)C)c(C)c1CCC(=O)N1CCn2c1nc1ccccc12. The summed E-state index contributed by atoms with van der Waals surface area (Å²) in [7, 11) is 0. The summed E-state index contributed by atoms with van der Waals surface area (Å²) in [5.41, 5.74) is 5.48. The Kier molecular flexibility index (Phi) is 4.50. The average Bonchev–Trinajstić information content (AvgIpc) is 3.26. The second-order valence-electron chi connectivity index (χ2n) is 7.82. The molecule has 0 unspecified atom stereocenters. The summed E-state index contributed by atoms with van der Waals surface area (Å²) in [5.74, 6) is 1.47. The fraction of sp³-hybridized carbons (Fsp3) is 0.476. The first kappa shape index (κ1) is 17.8. The number of anilines is 1. The number of aryl methyl sites for hydroxylation is 1. The number of rotatable bonds is 5. The molecule has 1 aromatic carbocycles. The van der Waals surface area contributed by atoms with Gasteiger partial charge in [-0.2, -0.15) is 5.10 Å². The largest absolute Gasteiger partial charge is 0.308 e. The number of para-hydroxylation sites is 2. The van der Waals surface area contributed by atoms with Gasteiger partial charge in [0.25, 0.3) is 0 Å². The zero-order valence-corrected chi connectivity index (χ0v) is 16.6. The Labute approximate surface area is 159 Å². The third kappa shape index (κ3) is 3.13. The topological polar surface area (TPSA) is 56.0 Å². The van der Waals surface area contributed by atoms with E-state index < -0.39 is 0 Å². The third-order valence-corrected chi connectivity index (χ3v) is 5.38. The van der Waals surface area contributed by atoms with Gasteiger partial charge < -0.3 is 4.57 Å². The molecule has 1 amide bonds. The van der Waals surface area contributed by atoms with Crippen molar-refractivity contribution in [1.29, 1.82) is 0 Å². The number of hydrogen-bond donors (Lipinski definition) is 0. The van der Waals surface area contributed by atoms with E-state index in [0.29, 0.717) is 18.9 Å². The first-order chi connectivity index (χ1) is 13.0. The molecule has 27 heavy (non-hydrogen) atoms. The number of carbonyl (C=O) groups excluding carboxylic acids is 1. The highest BCUT2D eigenvalue weighted by atomic mass is 16.2. The van der Waals surface area contributed by atoms with Crippen LogP contribution in [-0.4, -0.2) is 31.8 Å². The van der Waals surface area contributed by atoms with Gasteiger partial charge in [0, 0.05) is 31.7 Å². The summed E-state index contributed by atoms with van der Waals surface area (Å²) >= 11 is 0. The number of hydrogen-bond acceptors (Lipinski definition) is 3. The zero-order chi connectivity index (χ0) is 19.1. The van der Waals surface area contributed by atoms with Crippen molar-refractivity contribution in [3.63, 3.8) is 0 Å². The lowest BCUT2D eigenvalue weighted by Gasteiger charge is -2.14. The monoisotopic (exact) mass is 365 g/mol. The van der Waals surface area contributed by atoms with E-state index in [1.165, 1.54) is 11.3 Å². The Morgan fingerprint density at radius 2 is 1.96 bits per heavy atom. The fourth-order valence-electron chi connectivity index (χ4n) is 4.01. The molecule has 4 rings (SSSR count). The highest BCUT2D eigenvalue weighted by Crippen LogP contribution is 2.28. The van der Waals surface area contributed by atoms with Gasteiger partial charge in [-0.05, 0) is 43.9 Å². The van der Waals surface area contributed by atoms with Crippen LogP contribution in [0.15, 0.2) is 24.3 Å². The molecule has 0 saturated heterocycles. The lowest BCUT2D eigenvalue weighted by molar-refractivity contribution is -0.118. The van der Waals surface area contributed by atoms with Crippen molar-refractivity contribution in [1.82, 2.24) is 19.3 Å². The van der Waals surface area contributed by atoms with Crippen LogP contribution in [0.4, 0.5) is 5.95 Å². The highest BCUT2D eigenvalue weighted by molar-refractivity contribution is 5.95. The average molecular weight is 365 g/mol. The van der Waals surface area contributed by atoms with E-state index in [9.17, 15) is 4.79 Å².